The predicted molar refractivity (Wildman–Crippen MR) is 52.8 cm³/mol. The smallest absolute Gasteiger partial charge is 0.146 e. The molecule has 1 aromatic carbocycles. The fourth-order valence-corrected chi connectivity index (χ4v) is 1.83. The number of carbonyl (C=O) groups is 1. The van der Waals surface area contributed by atoms with Gasteiger partial charge in [-0.05, 0) is 18.6 Å². The maximum absolute atomic E-state index is 13.3. The molecule has 1 unspecified atom stereocenters. The molecule has 0 bridgehead atoms. The summed E-state index contributed by atoms with van der Waals surface area (Å²) in [5.41, 5.74) is 0.608. The lowest BCUT2D eigenvalue weighted by molar-refractivity contribution is -0.110. The fourth-order valence-electron chi connectivity index (χ4n) is 1.83. The van der Waals surface area contributed by atoms with Crippen molar-refractivity contribution < 1.29 is 9.18 Å². The Kier molecular flexibility index (Phi) is 2.48. The van der Waals surface area contributed by atoms with Crippen LogP contribution < -0.4 is 4.90 Å². The second-order valence-corrected chi connectivity index (χ2v) is 3.58. The molecule has 0 radical (unpaired) electrons. The number of benzene rings is 1. The lowest BCUT2D eigenvalue weighted by Crippen LogP contribution is -2.20. The minimum Gasteiger partial charge on any atom is -0.368 e. The van der Waals surface area contributed by atoms with Gasteiger partial charge in [-0.3, -0.25) is 0 Å². The van der Waals surface area contributed by atoms with E-state index in [1.807, 2.05) is 11.0 Å². The third-order valence-electron chi connectivity index (χ3n) is 2.61. The van der Waals surface area contributed by atoms with Gasteiger partial charge in [-0.2, -0.15) is 0 Å². The van der Waals surface area contributed by atoms with Crippen molar-refractivity contribution in [3.63, 3.8) is 0 Å². The average Bonchev–Trinajstić information content (AvgIpc) is 2.67. The molecule has 2 nitrogen and oxygen atoms in total. The third kappa shape index (κ3) is 1.62. The first-order valence-corrected chi connectivity index (χ1v) is 4.76. The SMILES string of the molecule is O=CC1CCN(c2ccccc2F)C1. The van der Waals surface area contributed by atoms with Crippen molar-refractivity contribution in [3.05, 3.63) is 30.1 Å². The van der Waals surface area contributed by atoms with Crippen LogP contribution in [0.2, 0.25) is 0 Å². The normalized spacial score (nSPS) is 21.2. The Morgan fingerprint density at radius 3 is 2.86 bits per heavy atom. The van der Waals surface area contributed by atoms with Gasteiger partial charge in [0, 0.05) is 19.0 Å². The van der Waals surface area contributed by atoms with Gasteiger partial charge >= 0.3 is 0 Å². The van der Waals surface area contributed by atoms with Gasteiger partial charge in [0.1, 0.15) is 12.1 Å². The minimum atomic E-state index is -0.209. The number of rotatable bonds is 2. The summed E-state index contributed by atoms with van der Waals surface area (Å²) in [6.45, 7) is 1.41. The molecule has 3 heteroatoms. The van der Waals surface area contributed by atoms with Crippen molar-refractivity contribution in [1.29, 1.82) is 0 Å². The van der Waals surface area contributed by atoms with Gasteiger partial charge in [-0.25, -0.2) is 4.39 Å². The van der Waals surface area contributed by atoms with E-state index < -0.39 is 0 Å². The summed E-state index contributed by atoms with van der Waals surface area (Å²) in [4.78, 5) is 12.5. The molecule has 0 spiro atoms. The van der Waals surface area contributed by atoms with Crippen LogP contribution in [0.4, 0.5) is 10.1 Å². The number of hydrogen-bond acceptors (Lipinski definition) is 2. The molecule has 1 saturated heterocycles. The van der Waals surface area contributed by atoms with E-state index in [-0.39, 0.29) is 11.7 Å². The van der Waals surface area contributed by atoms with Crippen molar-refractivity contribution in [2.75, 3.05) is 18.0 Å². The van der Waals surface area contributed by atoms with Crippen LogP contribution in [-0.4, -0.2) is 19.4 Å². The van der Waals surface area contributed by atoms with Crippen molar-refractivity contribution >= 4 is 12.0 Å². The van der Waals surface area contributed by atoms with E-state index in [1.165, 1.54) is 6.07 Å². The van der Waals surface area contributed by atoms with Gasteiger partial charge in [-0.1, -0.05) is 12.1 Å². The first kappa shape index (κ1) is 9.19. The zero-order valence-corrected chi connectivity index (χ0v) is 7.82. The highest BCUT2D eigenvalue weighted by Crippen LogP contribution is 2.24. The number of halogens is 1. The topological polar surface area (TPSA) is 20.3 Å². The van der Waals surface area contributed by atoms with Crippen molar-refractivity contribution in [2.45, 2.75) is 6.42 Å². The number of hydrogen-bond donors (Lipinski definition) is 0. The molecule has 0 aliphatic carbocycles. The minimum absolute atomic E-state index is 0.0645. The number of carbonyl (C=O) groups excluding carboxylic acids is 1. The molecule has 1 aliphatic heterocycles. The maximum atomic E-state index is 13.3. The highest BCUT2D eigenvalue weighted by molar-refractivity contribution is 5.58. The van der Waals surface area contributed by atoms with Crippen molar-refractivity contribution in [3.8, 4) is 0 Å². The Labute approximate surface area is 82.3 Å². The van der Waals surface area contributed by atoms with Crippen LogP contribution in [0.1, 0.15) is 6.42 Å². The molecule has 1 heterocycles. The van der Waals surface area contributed by atoms with Crippen LogP contribution in [0.15, 0.2) is 24.3 Å². The average molecular weight is 193 g/mol. The quantitative estimate of drug-likeness (QED) is 0.668. The highest BCUT2D eigenvalue weighted by Gasteiger charge is 2.23. The lowest BCUT2D eigenvalue weighted by atomic mass is 10.1. The first-order chi connectivity index (χ1) is 6.81. The molecule has 0 N–H and O–H groups in total. The summed E-state index contributed by atoms with van der Waals surface area (Å²) >= 11 is 0. The Morgan fingerprint density at radius 2 is 2.21 bits per heavy atom. The Bertz CT molecular complexity index is 340. The molecule has 0 amide bonds. The number of para-hydroxylation sites is 1. The monoisotopic (exact) mass is 193 g/mol. The maximum Gasteiger partial charge on any atom is 0.146 e. The number of nitrogens with zero attached hydrogens (tertiary/aromatic N) is 1. The van der Waals surface area contributed by atoms with E-state index in [0.717, 1.165) is 19.3 Å². The van der Waals surface area contributed by atoms with Crippen LogP contribution in [-0.2, 0) is 4.79 Å². The number of aldehydes is 1. The zero-order chi connectivity index (χ0) is 9.97. The van der Waals surface area contributed by atoms with E-state index in [9.17, 15) is 9.18 Å². The van der Waals surface area contributed by atoms with Crippen LogP contribution in [0.5, 0.6) is 0 Å². The highest BCUT2D eigenvalue weighted by atomic mass is 19.1. The van der Waals surface area contributed by atoms with Gasteiger partial charge in [0.2, 0.25) is 0 Å². The summed E-state index contributed by atoms with van der Waals surface area (Å²) in [6.07, 6.45) is 1.79. The van der Waals surface area contributed by atoms with Gasteiger partial charge < -0.3 is 9.69 Å². The molecule has 1 aliphatic rings. The van der Waals surface area contributed by atoms with E-state index >= 15 is 0 Å². The van der Waals surface area contributed by atoms with E-state index in [1.54, 1.807) is 12.1 Å². The van der Waals surface area contributed by atoms with Crippen molar-refractivity contribution in [1.82, 2.24) is 0 Å². The largest absolute Gasteiger partial charge is 0.368 e. The Hall–Kier alpha value is -1.38. The molecular weight excluding hydrogens is 181 g/mol. The molecule has 0 saturated carbocycles. The summed E-state index contributed by atoms with van der Waals surface area (Å²) in [7, 11) is 0. The third-order valence-corrected chi connectivity index (χ3v) is 2.61. The second kappa shape index (κ2) is 3.78. The lowest BCUT2D eigenvalue weighted by Gasteiger charge is -2.18. The van der Waals surface area contributed by atoms with Crippen LogP contribution in [0.3, 0.4) is 0 Å². The summed E-state index contributed by atoms with van der Waals surface area (Å²) in [6, 6.07) is 6.69. The predicted octanol–water partition coefficient (Wildman–Crippen LogP) is 1.85. The Balaban J connectivity index is 2.17. The van der Waals surface area contributed by atoms with Gasteiger partial charge in [0.05, 0.1) is 5.69 Å². The van der Waals surface area contributed by atoms with Crippen LogP contribution >= 0.6 is 0 Å². The van der Waals surface area contributed by atoms with Gasteiger partial charge in [0.25, 0.3) is 0 Å². The molecular formula is C11H12FNO. The van der Waals surface area contributed by atoms with E-state index in [2.05, 4.69) is 0 Å². The summed E-state index contributed by atoms with van der Waals surface area (Å²) < 4.78 is 13.3. The number of anilines is 1. The standard InChI is InChI=1S/C11H12FNO/c12-10-3-1-2-4-11(10)13-6-5-9(7-13)8-14/h1-4,8-9H,5-7H2. The second-order valence-electron chi connectivity index (χ2n) is 3.58. The van der Waals surface area contributed by atoms with Gasteiger partial charge in [-0.15, -0.1) is 0 Å². The molecule has 14 heavy (non-hydrogen) atoms. The van der Waals surface area contributed by atoms with Gasteiger partial charge in [0.15, 0.2) is 0 Å². The fraction of sp³-hybridized carbons (Fsp3) is 0.364. The Morgan fingerprint density at radius 1 is 1.43 bits per heavy atom. The molecule has 1 fully saturated rings. The molecule has 1 aromatic rings. The molecule has 74 valence electrons. The van der Waals surface area contributed by atoms with Crippen LogP contribution in [0, 0.1) is 11.7 Å². The van der Waals surface area contributed by atoms with Crippen molar-refractivity contribution in [2.24, 2.45) is 5.92 Å². The van der Waals surface area contributed by atoms with Crippen LogP contribution in [0.25, 0.3) is 0 Å². The van der Waals surface area contributed by atoms with E-state index in [4.69, 9.17) is 0 Å². The first-order valence-electron chi connectivity index (χ1n) is 4.76. The molecule has 0 aromatic heterocycles. The van der Waals surface area contributed by atoms with E-state index in [0.29, 0.717) is 12.2 Å². The molecule has 1 atom stereocenters. The zero-order valence-electron chi connectivity index (χ0n) is 7.82. The molecule has 2 rings (SSSR count). The summed E-state index contributed by atoms with van der Waals surface area (Å²) in [5, 5.41) is 0. The summed E-state index contributed by atoms with van der Waals surface area (Å²) in [5.74, 6) is -0.145.